The summed E-state index contributed by atoms with van der Waals surface area (Å²) in [6.45, 7) is 5.12. The zero-order valence-corrected chi connectivity index (χ0v) is 6.18. The van der Waals surface area contributed by atoms with Crippen molar-refractivity contribution in [1.82, 2.24) is 0 Å². The maximum atomic E-state index is 5.47. The molecular formula is C6H16N2O. The Hall–Kier alpha value is -0.120. The number of hydrogen-bond acceptors (Lipinski definition) is 3. The fraction of sp³-hybridized carbons (Fsp3) is 1.00. The molecule has 0 bridgehead atoms. The van der Waals surface area contributed by atoms with Crippen molar-refractivity contribution in [3.8, 4) is 0 Å². The van der Waals surface area contributed by atoms with Crippen LogP contribution in [-0.4, -0.2) is 18.9 Å². The molecule has 0 rings (SSSR count). The van der Waals surface area contributed by atoms with Crippen LogP contribution in [-0.2, 0) is 4.74 Å². The Bertz CT molecular complexity index is 67.9. The average molecular weight is 132 g/mol. The minimum Gasteiger partial charge on any atom is -0.382 e. The first kappa shape index (κ1) is 8.88. The number of rotatable bonds is 4. The summed E-state index contributed by atoms with van der Waals surface area (Å²) in [6, 6.07) is 0. The van der Waals surface area contributed by atoms with Crippen LogP contribution < -0.4 is 11.5 Å². The molecule has 0 aliphatic heterocycles. The molecule has 0 aliphatic carbocycles. The van der Waals surface area contributed by atoms with E-state index in [1.165, 1.54) is 0 Å². The van der Waals surface area contributed by atoms with Gasteiger partial charge >= 0.3 is 0 Å². The van der Waals surface area contributed by atoms with E-state index < -0.39 is 5.66 Å². The standard InChI is InChI=1S/C6H16N2O/c1-3-9-5-4-6(2,7)8/h3-5,7-8H2,1-2H3. The minimum atomic E-state index is -0.574. The van der Waals surface area contributed by atoms with E-state index >= 15 is 0 Å². The van der Waals surface area contributed by atoms with Crippen LogP contribution in [0, 0.1) is 0 Å². The Morgan fingerprint density at radius 1 is 1.44 bits per heavy atom. The number of hydrogen-bond donors (Lipinski definition) is 2. The quantitative estimate of drug-likeness (QED) is 0.419. The lowest BCUT2D eigenvalue weighted by Gasteiger charge is -2.17. The van der Waals surface area contributed by atoms with Gasteiger partial charge in [-0.2, -0.15) is 0 Å². The highest BCUT2D eigenvalue weighted by Crippen LogP contribution is 1.95. The van der Waals surface area contributed by atoms with Crippen molar-refractivity contribution in [2.45, 2.75) is 25.9 Å². The second-order valence-electron chi connectivity index (χ2n) is 2.45. The summed E-state index contributed by atoms with van der Waals surface area (Å²) in [7, 11) is 0. The van der Waals surface area contributed by atoms with Gasteiger partial charge in [-0.25, -0.2) is 0 Å². The van der Waals surface area contributed by atoms with Crippen LogP contribution in [0.15, 0.2) is 0 Å². The SMILES string of the molecule is CCOCCC(C)(N)N. The van der Waals surface area contributed by atoms with Gasteiger partial charge in [0.05, 0.1) is 5.66 Å². The Morgan fingerprint density at radius 3 is 2.33 bits per heavy atom. The van der Waals surface area contributed by atoms with E-state index in [-0.39, 0.29) is 0 Å². The summed E-state index contributed by atoms with van der Waals surface area (Å²) < 4.78 is 5.05. The van der Waals surface area contributed by atoms with Crippen molar-refractivity contribution in [2.24, 2.45) is 11.5 Å². The van der Waals surface area contributed by atoms with Gasteiger partial charge in [0.25, 0.3) is 0 Å². The second-order valence-corrected chi connectivity index (χ2v) is 2.45. The highest BCUT2D eigenvalue weighted by atomic mass is 16.5. The molecule has 0 unspecified atom stereocenters. The van der Waals surface area contributed by atoms with Crippen LogP contribution in [0.25, 0.3) is 0 Å². The summed E-state index contributed by atoms with van der Waals surface area (Å²) in [6.07, 6.45) is 0.709. The summed E-state index contributed by atoms with van der Waals surface area (Å²) in [5.74, 6) is 0. The smallest absolute Gasteiger partial charge is 0.0629 e. The van der Waals surface area contributed by atoms with Gasteiger partial charge in [0.1, 0.15) is 0 Å². The number of ether oxygens (including phenoxy) is 1. The lowest BCUT2D eigenvalue weighted by atomic mass is 10.2. The maximum absolute atomic E-state index is 5.47. The molecule has 0 radical (unpaired) electrons. The Kier molecular flexibility index (Phi) is 3.77. The molecule has 0 aliphatic rings. The van der Waals surface area contributed by atoms with E-state index in [1.807, 2.05) is 6.92 Å². The molecule has 0 aromatic rings. The zero-order valence-electron chi connectivity index (χ0n) is 6.18. The number of nitrogens with two attached hydrogens (primary N) is 2. The van der Waals surface area contributed by atoms with E-state index in [1.54, 1.807) is 6.92 Å². The molecule has 0 spiro atoms. The van der Waals surface area contributed by atoms with Crippen molar-refractivity contribution in [3.05, 3.63) is 0 Å². The lowest BCUT2D eigenvalue weighted by molar-refractivity contribution is 0.129. The van der Waals surface area contributed by atoms with Gasteiger partial charge in [-0.05, 0) is 13.8 Å². The summed E-state index contributed by atoms with van der Waals surface area (Å²) >= 11 is 0. The van der Waals surface area contributed by atoms with Crippen LogP contribution in [0.3, 0.4) is 0 Å². The first-order valence-corrected chi connectivity index (χ1v) is 3.22. The molecule has 0 aromatic carbocycles. The minimum absolute atomic E-state index is 0.574. The highest BCUT2D eigenvalue weighted by molar-refractivity contribution is 4.68. The predicted octanol–water partition coefficient (Wildman–Crippen LogP) is 0.0466. The third kappa shape index (κ3) is 7.88. The van der Waals surface area contributed by atoms with E-state index in [0.29, 0.717) is 13.0 Å². The average Bonchev–Trinajstić information content (AvgIpc) is 1.63. The van der Waals surface area contributed by atoms with E-state index in [4.69, 9.17) is 16.2 Å². The molecule has 0 saturated carbocycles. The Labute approximate surface area is 56.4 Å². The first-order chi connectivity index (χ1) is 4.06. The van der Waals surface area contributed by atoms with Crippen molar-refractivity contribution < 1.29 is 4.74 Å². The Morgan fingerprint density at radius 2 is 2.00 bits per heavy atom. The molecular weight excluding hydrogens is 116 g/mol. The lowest BCUT2D eigenvalue weighted by Crippen LogP contribution is -2.46. The largest absolute Gasteiger partial charge is 0.382 e. The van der Waals surface area contributed by atoms with Gasteiger partial charge in [0.15, 0.2) is 0 Å². The third-order valence-corrected chi connectivity index (χ3v) is 0.989. The normalized spacial score (nSPS) is 12.0. The van der Waals surface area contributed by atoms with Gasteiger partial charge in [-0.1, -0.05) is 0 Å². The molecule has 0 fully saturated rings. The highest BCUT2D eigenvalue weighted by Gasteiger charge is 2.09. The van der Waals surface area contributed by atoms with E-state index in [9.17, 15) is 0 Å². The second kappa shape index (κ2) is 3.82. The van der Waals surface area contributed by atoms with Crippen molar-refractivity contribution >= 4 is 0 Å². The maximum Gasteiger partial charge on any atom is 0.0629 e. The van der Waals surface area contributed by atoms with E-state index in [2.05, 4.69) is 0 Å². The van der Waals surface area contributed by atoms with Crippen molar-refractivity contribution in [1.29, 1.82) is 0 Å². The van der Waals surface area contributed by atoms with Gasteiger partial charge < -0.3 is 16.2 Å². The molecule has 3 heteroatoms. The molecule has 9 heavy (non-hydrogen) atoms. The van der Waals surface area contributed by atoms with Crippen molar-refractivity contribution in [2.75, 3.05) is 13.2 Å². The Balaban J connectivity index is 3.07. The molecule has 0 amide bonds. The van der Waals surface area contributed by atoms with Crippen LogP contribution in [0.4, 0.5) is 0 Å². The van der Waals surface area contributed by atoms with Crippen LogP contribution in [0.1, 0.15) is 20.3 Å². The monoisotopic (exact) mass is 132 g/mol. The van der Waals surface area contributed by atoms with Crippen LogP contribution in [0.5, 0.6) is 0 Å². The molecule has 0 saturated heterocycles. The summed E-state index contributed by atoms with van der Waals surface area (Å²) in [5.41, 5.74) is 10.4. The van der Waals surface area contributed by atoms with Gasteiger partial charge in [0.2, 0.25) is 0 Å². The fourth-order valence-corrected chi connectivity index (χ4v) is 0.436. The van der Waals surface area contributed by atoms with Crippen molar-refractivity contribution in [3.63, 3.8) is 0 Å². The van der Waals surface area contributed by atoms with E-state index in [0.717, 1.165) is 6.61 Å². The fourth-order valence-electron chi connectivity index (χ4n) is 0.436. The molecule has 3 nitrogen and oxygen atoms in total. The molecule has 0 atom stereocenters. The molecule has 4 N–H and O–H groups in total. The molecule has 0 aromatic heterocycles. The molecule has 0 heterocycles. The van der Waals surface area contributed by atoms with Crippen LogP contribution in [0.2, 0.25) is 0 Å². The first-order valence-electron chi connectivity index (χ1n) is 3.22. The van der Waals surface area contributed by atoms with Gasteiger partial charge in [-0.3, -0.25) is 0 Å². The predicted molar refractivity (Wildman–Crippen MR) is 37.9 cm³/mol. The summed E-state index contributed by atoms with van der Waals surface area (Å²) in [5, 5.41) is 0. The third-order valence-electron chi connectivity index (χ3n) is 0.989. The molecule has 56 valence electrons. The van der Waals surface area contributed by atoms with Crippen LogP contribution >= 0.6 is 0 Å². The topological polar surface area (TPSA) is 61.3 Å². The van der Waals surface area contributed by atoms with Gasteiger partial charge in [-0.15, -0.1) is 0 Å². The summed E-state index contributed by atoms with van der Waals surface area (Å²) in [4.78, 5) is 0. The van der Waals surface area contributed by atoms with Gasteiger partial charge in [0, 0.05) is 19.6 Å². The zero-order chi connectivity index (χ0) is 7.33.